The van der Waals surface area contributed by atoms with E-state index in [0.717, 1.165) is 49.8 Å². The quantitative estimate of drug-likeness (QED) is 0.161. The highest BCUT2D eigenvalue weighted by molar-refractivity contribution is 6.12. The lowest BCUT2D eigenvalue weighted by atomic mass is 9.67. The Balaban J connectivity index is 0.940. The molecule has 0 saturated heterocycles. The molecule has 2 heterocycles. The van der Waals surface area contributed by atoms with Gasteiger partial charge in [0.05, 0.1) is 5.41 Å². The SMILES string of the molecule is c1ccc(-c2nc(-c3ccccc3)nc(-c3cccc4oc5ccc(-c6ccc(-c7ccc8c(c7)-c7ccccc7C8(c7ccccc7)c7ccccc7)cc6)cc5c34)n2)cc1. The first-order valence-corrected chi connectivity index (χ1v) is 21.0. The highest BCUT2D eigenvalue weighted by atomic mass is 16.3. The highest BCUT2D eigenvalue weighted by Gasteiger charge is 2.45. The van der Waals surface area contributed by atoms with Gasteiger partial charge in [-0.25, -0.2) is 15.0 Å². The van der Waals surface area contributed by atoms with Gasteiger partial charge in [-0.2, -0.15) is 0 Å². The molecule has 11 aromatic rings. The molecule has 290 valence electrons. The summed E-state index contributed by atoms with van der Waals surface area (Å²) in [5.41, 5.74) is 16.2. The Morgan fingerprint density at radius 3 is 1.42 bits per heavy atom. The summed E-state index contributed by atoms with van der Waals surface area (Å²) in [5, 5.41) is 1.99. The number of nitrogens with zero attached hydrogens (tertiary/aromatic N) is 3. The van der Waals surface area contributed by atoms with E-state index in [0.29, 0.717) is 17.5 Å². The molecule has 0 aliphatic heterocycles. The molecule has 0 bridgehead atoms. The van der Waals surface area contributed by atoms with E-state index in [1.165, 1.54) is 44.5 Å². The Morgan fingerprint density at radius 2 is 0.790 bits per heavy atom. The summed E-state index contributed by atoms with van der Waals surface area (Å²) in [4.78, 5) is 15.1. The molecule has 1 aliphatic rings. The van der Waals surface area contributed by atoms with Crippen LogP contribution < -0.4 is 0 Å². The van der Waals surface area contributed by atoms with E-state index in [4.69, 9.17) is 19.4 Å². The van der Waals surface area contributed by atoms with Crippen molar-refractivity contribution in [3.05, 3.63) is 247 Å². The monoisotopic (exact) mass is 791 g/mol. The van der Waals surface area contributed by atoms with Gasteiger partial charge in [0, 0.05) is 27.5 Å². The van der Waals surface area contributed by atoms with Gasteiger partial charge in [0.2, 0.25) is 0 Å². The zero-order valence-electron chi connectivity index (χ0n) is 33.6. The first-order chi connectivity index (χ1) is 30.7. The normalized spacial score (nSPS) is 12.6. The van der Waals surface area contributed by atoms with Crippen molar-refractivity contribution >= 4 is 21.9 Å². The van der Waals surface area contributed by atoms with Crippen molar-refractivity contribution in [2.45, 2.75) is 5.41 Å². The van der Waals surface area contributed by atoms with E-state index in [1.54, 1.807) is 0 Å². The van der Waals surface area contributed by atoms with Crippen LogP contribution in [0.15, 0.2) is 229 Å². The van der Waals surface area contributed by atoms with E-state index in [-0.39, 0.29) is 0 Å². The topological polar surface area (TPSA) is 51.8 Å². The molecule has 0 fully saturated rings. The fourth-order valence-electron chi connectivity index (χ4n) is 9.61. The Hall–Kier alpha value is -8.21. The predicted octanol–water partition coefficient (Wildman–Crippen LogP) is 14.5. The molecule has 0 amide bonds. The van der Waals surface area contributed by atoms with Crippen LogP contribution in [0, 0.1) is 0 Å². The van der Waals surface area contributed by atoms with Crippen LogP contribution in [-0.4, -0.2) is 15.0 Å². The van der Waals surface area contributed by atoms with Crippen LogP contribution in [0.25, 0.3) is 89.5 Å². The molecule has 4 nitrogen and oxygen atoms in total. The zero-order valence-corrected chi connectivity index (χ0v) is 33.6. The van der Waals surface area contributed by atoms with Gasteiger partial charge < -0.3 is 4.42 Å². The zero-order chi connectivity index (χ0) is 41.0. The number of furan rings is 1. The minimum Gasteiger partial charge on any atom is -0.456 e. The number of aromatic nitrogens is 3. The maximum atomic E-state index is 6.47. The van der Waals surface area contributed by atoms with Crippen LogP contribution in [-0.2, 0) is 5.41 Å². The van der Waals surface area contributed by atoms with E-state index >= 15 is 0 Å². The second kappa shape index (κ2) is 14.5. The summed E-state index contributed by atoms with van der Waals surface area (Å²) in [6.45, 7) is 0. The molecule has 0 atom stereocenters. The minimum atomic E-state index is -0.412. The third-order valence-corrected chi connectivity index (χ3v) is 12.4. The highest BCUT2D eigenvalue weighted by Crippen LogP contribution is 2.56. The second-order valence-corrected chi connectivity index (χ2v) is 15.9. The van der Waals surface area contributed by atoms with Gasteiger partial charge >= 0.3 is 0 Å². The maximum absolute atomic E-state index is 6.47. The first-order valence-electron chi connectivity index (χ1n) is 21.0. The second-order valence-electron chi connectivity index (χ2n) is 15.9. The lowest BCUT2D eigenvalue weighted by molar-refractivity contribution is 0.669. The molecule has 0 spiro atoms. The van der Waals surface area contributed by atoms with Crippen molar-refractivity contribution in [1.29, 1.82) is 0 Å². The summed E-state index contributed by atoms with van der Waals surface area (Å²) in [6.07, 6.45) is 0. The minimum absolute atomic E-state index is 0.412. The Bertz CT molecular complexity index is 3340. The van der Waals surface area contributed by atoms with E-state index in [2.05, 4.69) is 152 Å². The molecule has 4 heteroatoms. The van der Waals surface area contributed by atoms with Crippen LogP contribution in [0.5, 0.6) is 0 Å². The predicted molar refractivity (Wildman–Crippen MR) is 252 cm³/mol. The number of fused-ring (bicyclic) bond motifs is 6. The van der Waals surface area contributed by atoms with Gasteiger partial charge in [-0.3, -0.25) is 0 Å². The molecule has 0 saturated carbocycles. The molecular formula is C58H37N3O. The molecule has 62 heavy (non-hydrogen) atoms. The molecular weight excluding hydrogens is 755 g/mol. The van der Waals surface area contributed by atoms with Crippen LogP contribution in [0.3, 0.4) is 0 Å². The largest absolute Gasteiger partial charge is 0.456 e. The summed E-state index contributed by atoms with van der Waals surface area (Å²) in [6, 6.07) is 79.5. The van der Waals surface area contributed by atoms with Crippen molar-refractivity contribution in [3.63, 3.8) is 0 Å². The smallest absolute Gasteiger partial charge is 0.164 e. The van der Waals surface area contributed by atoms with Gasteiger partial charge in [0.25, 0.3) is 0 Å². The number of hydrogen-bond donors (Lipinski definition) is 0. The standard InChI is InChI=1S/C58H37N3O/c1-5-16-40(17-6-1)55-59-56(41-18-7-2-8-19-41)61-57(60-55)47-25-15-27-53-54(47)49-37-43(33-35-52(49)62-53)39-30-28-38(29-31-39)42-32-34-51-48(36-42)46-24-13-14-26-50(46)58(51,44-20-9-3-10-21-44)45-22-11-4-12-23-45/h1-37H. The number of rotatable bonds is 7. The Kier molecular flexibility index (Phi) is 8.36. The van der Waals surface area contributed by atoms with Crippen LogP contribution in [0.1, 0.15) is 22.3 Å². The van der Waals surface area contributed by atoms with Gasteiger partial charge in [-0.05, 0) is 79.9 Å². The van der Waals surface area contributed by atoms with E-state index in [1.807, 2.05) is 72.8 Å². The fourth-order valence-corrected chi connectivity index (χ4v) is 9.61. The summed E-state index contributed by atoms with van der Waals surface area (Å²) < 4.78 is 6.47. The van der Waals surface area contributed by atoms with Crippen molar-refractivity contribution < 1.29 is 4.42 Å². The van der Waals surface area contributed by atoms with Crippen molar-refractivity contribution in [2.24, 2.45) is 0 Å². The Morgan fingerprint density at radius 1 is 0.306 bits per heavy atom. The van der Waals surface area contributed by atoms with Gasteiger partial charge in [-0.15, -0.1) is 0 Å². The van der Waals surface area contributed by atoms with Crippen molar-refractivity contribution in [2.75, 3.05) is 0 Å². The average Bonchev–Trinajstić information content (AvgIpc) is 3.88. The average molecular weight is 792 g/mol. The first kappa shape index (κ1) is 35.7. The van der Waals surface area contributed by atoms with Crippen molar-refractivity contribution in [3.8, 4) is 67.5 Å². The lowest BCUT2D eigenvalue weighted by Gasteiger charge is -2.33. The molecule has 9 aromatic carbocycles. The van der Waals surface area contributed by atoms with Crippen LogP contribution in [0.4, 0.5) is 0 Å². The molecule has 1 aliphatic carbocycles. The number of hydrogen-bond acceptors (Lipinski definition) is 4. The van der Waals surface area contributed by atoms with E-state index in [9.17, 15) is 0 Å². The summed E-state index contributed by atoms with van der Waals surface area (Å²) in [7, 11) is 0. The fraction of sp³-hybridized carbons (Fsp3) is 0.0172. The van der Waals surface area contributed by atoms with Gasteiger partial charge in [0.15, 0.2) is 17.5 Å². The van der Waals surface area contributed by atoms with Crippen molar-refractivity contribution in [1.82, 2.24) is 15.0 Å². The van der Waals surface area contributed by atoms with Crippen LogP contribution >= 0.6 is 0 Å². The molecule has 2 aromatic heterocycles. The lowest BCUT2D eigenvalue weighted by Crippen LogP contribution is -2.28. The summed E-state index contributed by atoms with van der Waals surface area (Å²) >= 11 is 0. The van der Waals surface area contributed by atoms with Crippen LogP contribution in [0.2, 0.25) is 0 Å². The molecule has 0 radical (unpaired) electrons. The summed E-state index contributed by atoms with van der Waals surface area (Å²) in [5.74, 6) is 1.85. The molecule has 0 N–H and O–H groups in total. The van der Waals surface area contributed by atoms with Gasteiger partial charge in [0.1, 0.15) is 11.2 Å². The van der Waals surface area contributed by atoms with Gasteiger partial charge in [-0.1, -0.05) is 200 Å². The molecule has 0 unspecified atom stereocenters. The third kappa shape index (κ3) is 5.72. The molecule has 12 rings (SSSR count). The van der Waals surface area contributed by atoms with E-state index < -0.39 is 5.41 Å². The number of benzene rings is 9. The Labute approximate surface area is 359 Å². The maximum Gasteiger partial charge on any atom is 0.164 e. The third-order valence-electron chi connectivity index (χ3n) is 12.4.